The van der Waals surface area contributed by atoms with Crippen LogP contribution < -0.4 is 5.32 Å². The maximum Gasteiger partial charge on any atom is 0.190 e. The number of hydrogen-bond donors (Lipinski definition) is 1. The Morgan fingerprint density at radius 3 is 3.00 bits per heavy atom. The normalized spacial score (nSPS) is 13.0. The van der Waals surface area contributed by atoms with Crippen LogP contribution in [-0.2, 0) is 7.05 Å². The minimum atomic E-state index is 0.665. The van der Waals surface area contributed by atoms with Crippen LogP contribution in [0.2, 0.25) is 0 Å². The molecule has 1 aromatic heterocycles. The molecule has 0 amide bonds. The van der Waals surface area contributed by atoms with Gasteiger partial charge in [-0.2, -0.15) is 0 Å². The lowest BCUT2D eigenvalue weighted by Gasteiger charge is -2.10. The molecule has 0 radical (unpaired) electrons. The molecule has 0 aliphatic heterocycles. The van der Waals surface area contributed by atoms with Gasteiger partial charge in [-0.1, -0.05) is 25.6 Å². The van der Waals surface area contributed by atoms with Crippen LogP contribution in [0.5, 0.6) is 0 Å². The molecule has 4 nitrogen and oxygen atoms in total. The summed E-state index contributed by atoms with van der Waals surface area (Å²) >= 11 is 1.77. The van der Waals surface area contributed by atoms with Crippen molar-refractivity contribution in [2.75, 3.05) is 18.8 Å². The van der Waals surface area contributed by atoms with Crippen LogP contribution in [0.4, 0.5) is 0 Å². The van der Waals surface area contributed by atoms with Gasteiger partial charge in [0.05, 0.1) is 0 Å². The molecule has 1 heterocycles. The molecule has 0 bridgehead atoms. The number of rotatable bonds is 7. The monoisotopic (exact) mass is 228 g/mol. The molecular formula is C10H20N4S. The van der Waals surface area contributed by atoms with Crippen LogP contribution in [0, 0.1) is 5.92 Å². The van der Waals surface area contributed by atoms with Gasteiger partial charge in [-0.3, -0.25) is 0 Å². The molecule has 15 heavy (non-hydrogen) atoms. The lowest BCUT2D eigenvalue weighted by Crippen LogP contribution is -2.23. The van der Waals surface area contributed by atoms with Gasteiger partial charge in [-0.05, 0) is 25.4 Å². The highest BCUT2D eigenvalue weighted by Crippen LogP contribution is 2.16. The van der Waals surface area contributed by atoms with Crippen molar-refractivity contribution in [3.63, 3.8) is 0 Å². The molecule has 0 aromatic carbocycles. The maximum atomic E-state index is 4.04. The Morgan fingerprint density at radius 2 is 2.40 bits per heavy atom. The highest BCUT2D eigenvalue weighted by Gasteiger charge is 2.05. The summed E-state index contributed by atoms with van der Waals surface area (Å²) in [7, 11) is 1.97. The predicted octanol–water partition coefficient (Wildman–Crippen LogP) is 1.54. The fourth-order valence-corrected chi connectivity index (χ4v) is 2.11. The van der Waals surface area contributed by atoms with Crippen LogP contribution in [0.25, 0.3) is 0 Å². The standard InChI is InChI=1S/C10H20N4S/c1-4-5-11-6-9(2)7-15-10-13-12-8-14(10)3/h8-9,11H,4-7H2,1-3H3. The Labute approximate surface area is 95.9 Å². The van der Waals surface area contributed by atoms with Gasteiger partial charge in [-0.15, -0.1) is 10.2 Å². The quantitative estimate of drug-likeness (QED) is 0.568. The molecule has 0 aliphatic rings. The van der Waals surface area contributed by atoms with Gasteiger partial charge < -0.3 is 9.88 Å². The Balaban J connectivity index is 2.16. The second-order valence-electron chi connectivity index (χ2n) is 3.84. The minimum Gasteiger partial charge on any atom is -0.316 e. The van der Waals surface area contributed by atoms with Gasteiger partial charge in [0.2, 0.25) is 0 Å². The lowest BCUT2D eigenvalue weighted by atomic mass is 10.2. The number of hydrogen-bond acceptors (Lipinski definition) is 4. The van der Waals surface area contributed by atoms with E-state index in [0.717, 1.165) is 24.0 Å². The van der Waals surface area contributed by atoms with Gasteiger partial charge in [0.15, 0.2) is 5.16 Å². The fraction of sp³-hybridized carbons (Fsp3) is 0.800. The first-order chi connectivity index (χ1) is 7.24. The van der Waals surface area contributed by atoms with E-state index in [0.29, 0.717) is 5.92 Å². The van der Waals surface area contributed by atoms with E-state index in [-0.39, 0.29) is 0 Å². The molecule has 0 saturated heterocycles. The molecule has 1 N–H and O–H groups in total. The Bertz CT molecular complexity index is 274. The molecule has 1 atom stereocenters. The van der Waals surface area contributed by atoms with Crippen molar-refractivity contribution in [3.05, 3.63) is 6.33 Å². The van der Waals surface area contributed by atoms with E-state index in [4.69, 9.17) is 0 Å². The van der Waals surface area contributed by atoms with E-state index in [1.165, 1.54) is 6.42 Å². The van der Waals surface area contributed by atoms with Crippen LogP contribution >= 0.6 is 11.8 Å². The van der Waals surface area contributed by atoms with E-state index in [1.807, 2.05) is 11.6 Å². The Kier molecular flexibility index (Phi) is 5.71. The summed E-state index contributed by atoms with van der Waals surface area (Å²) in [5.41, 5.74) is 0. The number of nitrogens with one attached hydrogen (secondary N) is 1. The van der Waals surface area contributed by atoms with E-state index in [9.17, 15) is 0 Å². The number of aromatic nitrogens is 3. The van der Waals surface area contributed by atoms with Crippen LogP contribution in [0.15, 0.2) is 11.5 Å². The molecule has 0 aliphatic carbocycles. The van der Waals surface area contributed by atoms with Gasteiger partial charge in [0.1, 0.15) is 6.33 Å². The minimum absolute atomic E-state index is 0.665. The first-order valence-corrected chi connectivity index (χ1v) is 6.40. The zero-order chi connectivity index (χ0) is 11.1. The van der Waals surface area contributed by atoms with Crippen molar-refractivity contribution in [1.29, 1.82) is 0 Å². The van der Waals surface area contributed by atoms with E-state index in [1.54, 1.807) is 18.1 Å². The molecule has 0 saturated carbocycles. The molecule has 0 spiro atoms. The summed E-state index contributed by atoms with van der Waals surface area (Å²) in [5, 5.41) is 12.3. The van der Waals surface area contributed by atoms with Crippen molar-refractivity contribution in [2.24, 2.45) is 13.0 Å². The molecule has 1 rings (SSSR count). The summed E-state index contributed by atoms with van der Waals surface area (Å²) in [6.07, 6.45) is 2.94. The zero-order valence-electron chi connectivity index (χ0n) is 9.73. The average molecular weight is 228 g/mol. The van der Waals surface area contributed by atoms with Gasteiger partial charge in [0.25, 0.3) is 0 Å². The fourth-order valence-electron chi connectivity index (χ4n) is 1.20. The smallest absolute Gasteiger partial charge is 0.190 e. The maximum absolute atomic E-state index is 4.04. The van der Waals surface area contributed by atoms with Crippen LogP contribution in [0.3, 0.4) is 0 Å². The summed E-state index contributed by atoms with van der Waals surface area (Å²) < 4.78 is 1.96. The third-order valence-corrected chi connectivity index (χ3v) is 3.45. The summed E-state index contributed by atoms with van der Waals surface area (Å²) in [5.74, 6) is 1.75. The summed E-state index contributed by atoms with van der Waals surface area (Å²) in [6, 6.07) is 0. The highest BCUT2D eigenvalue weighted by atomic mass is 32.2. The molecule has 1 aromatic rings. The van der Waals surface area contributed by atoms with E-state index in [2.05, 4.69) is 29.4 Å². The first kappa shape index (κ1) is 12.5. The molecule has 1 unspecified atom stereocenters. The van der Waals surface area contributed by atoms with Crippen LogP contribution in [-0.4, -0.2) is 33.6 Å². The van der Waals surface area contributed by atoms with E-state index >= 15 is 0 Å². The second kappa shape index (κ2) is 6.85. The second-order valence-corrected chi connectivity index (χ2v) is 4.83. The zero-order valence-corrected chi connectivity index (χ0v) is 10.5. The molecule has 0 fully saturated rings. The topological polar surface area (TPSA) is 42.7 Å². The van der Waals surface area contributed by atoms with Crippen LogP contribution in [0.1, 0.15) is 20.3 Å². The third-order valence-electron chi connectivity index (χ3n) is 2.09. The number of thioether (sulfide) groups is 1. The summed E-state index contributed by atoms with van der Waals surface area (Å²) in [6.45, 7) is 6.63. The molecular weight excluding hydrogens is 208 g/mol. The third kappa shape index (κ3) is 4.66. The van der Waals surface area contributed by atoms with Crippen molar-refractivity contribution < 1.29 is 0 Å². The first-order valence-electron chi connectivity index (χ1n) is 5.41. The van der Waals surface area contributed by atoms with Crippen molar-refractivity contribution in [3.8, 4) is 0 Å². The highest BCUT2D eigenvalue weighted by molar-refractivity contribution is 7.99. The largest absolute Gasteiger partial charge is 0.316 e. The predicted molar refractivity (Wildman–Crippen MR) is 64.1 cm³/mol. The Morgan fingerprint density at radius 1 is 1.60 bits per heavy atom. The molecule has 5 heteroatoms. The lowest BCUT2D eigenvalue weighted by molar-refractivity contribution is 0.556. The van der Waals surface area contributed by atoms with E-state index < -0.39 is 0 Å². The summed E-state index contributed by atoms with van der Waals surface area (Å²) in [4.78, 5) is 0. The molecule has 86 valence electrons. The number of aryl methyl sites for hydroxylation is 1. The SMILES string of the molecule is CCCNCC(C)CSc1nncn1C. The van der Waals surface area contributed by atoms with Gasteiger partial charge >= 0.3 is 0 Å². The van der Waals surface area contributed by atoms with Crippen molar-refractivity contribution in [1.82, 2.24) is 20.1 Å². The van der Waals surface area contributed by atoms with Crippen molar-refractivity contribution >= 4 is 11.8 Å². The van der Waals surface area contributed by atoms with Crippen molar-refractivity contribution in [2.45, 2.75) is 25.4 Å². The Hall–Kier alpha value is -0.550. The number of nitrogens with zero attached hydrogens (tertiary/aromatic N) is 3. The average Bonchev–Trinajstić information content (AvgIpc) is 2.61. The van der Waals surface area contributed by atoms with Gasteiger partial charge in [-0.25, -0.2) is 0 Å². The van der Waals surface area contributed by atoms with Gasteiger partial charge in [0, 0.05) is 12.8 Å².